The Morgan fingerprint density at radius 2 is 1.71 bits per heavy atom. The molecule has 0 fully saturated rings. The number of anilines is 2. The lowest BCUT2D eigenvalue weighted by molar-refractivity contribution is 0.0691. The molecule has 4 nitrogen and oxygen atoms in total. The van der Waals surface area contributed by atoms with Gasteiger partial charge in [0.05, 0.1) is 0 Å². The molecule has 0 radical (unpaired) electrons. The van der Waals surface area contributed by atoms with Crippen LogP contribution in [0.3, 0.4) is 0 Å². The minimum atomic E-state index is -1.02. The number of rotatable bonds is 3. The predicted molar refractivity (Wildman–Crippen MR) is 83.2 cm³/mol. The molecule has 0 saturated carbocycles. The molecular formula is C17H14N2O2. The van der Waals surface area contributed by atoms with Gasteiger partial charge in [0.15, 0.2) is 5.69 Å². The summed E-state index contributed by atoms with van der Waals surface area (Å²) in [6.45, 7) is 0. The minimum absolute atomic E-state index is 0.0477. The first-order valence-corrected chi connectivity index (χ1v) is 6.58. The summed E-state index contributed by atoms with van der Waals surface area (Å²) >= 11 is 0. The number of carboxylic acids is 1. The summed E-state index contributed by atoms with van der Waals surface area (Å²) in [5.74, 6) is -0.389. The van der Waals surface area contributed by atoms with Gasteiger partial charge in [0.1, 0.15) is 5.82 Å². The number of hydrogen-bond donors (Lipinski definition) is 1. The van der Waals surface area contributed by atoms with Gasteiger partial charge in [-0.15, -0.1) is 0 Å². The van der Waals surface area contributed by atoms with Gasteiger partial charge in [-0.1, -0.05) is 42.5 Å². The molecule has 4 heteroatoms. The van der Waals surface area contributed by atoms with Crippen LogP contribution in [0, 0.1) is 0 Å². The topological polar surface area (TPSA) is 53.4 Å². The van der Waals surface area contributed by atoms with Crippen molar-refractivity contribution in [3.05, 3.63) is 66.4 Å². The number of fused-ring (bicyclic) bond motifs is 1. The van der Waals surface area contributed by atoms with Gasteiger partial charge >= 0.3 is 5.97 Å². The van der Waals surface area contributed by atoms with Crippen molar-refractivity contribution in [2.45, 2.75) is 0 Å². The molecule has 0 bridgehead atoms. The molecule has 1 N–H and O–H groups in total. The molecule has 1 heterocycles. The van der Waals surface area contributed by atoms with E-state index in [1.54, 1.807) is 6.07 Å². The number of aromatic nitrogens is 1. The molecule has 0 amide bonds. The summed E-state index contributed by atoms with van der Waals surface area (Å²) in [4.78, 5) is 17.5. The van der Waals surface area contributed by atoms with Crippen molar-refractivity contribution in [3.8, 4) is 0 Å². The second-order valence-electron chi connectivity index (χ2n) is 4.75. The van der Waals surface area contributed by atoms with Crippen LogP contribution < -0.4 is 4.90 Å². The molecule has 0 spiro atoms. The summed E-state index contributed by atoms with van der Waals surface area (Å²) in [5, 5.41) is 11.0. The standard InChI is InChI=1S/C17H14N2O2/c1-19(13-8-3-2-4-9-13)16-14-10-6-5-7-12(14)11-15(18-16)17(20)21/h2-11H,1H3,(H,20,21). The maximum Gasteiger partial charge on any atom is 0.354 e. The Kier molecular flexibility index (Phi) is 3.28. The Labute approximate surface area is 122 Å². The Morgan fingerprint density at radius 3 is 2.43 bits per heavy atom. The summed E-state index contributed by atoms with van der Waals surface area (Å²) in [5.41, 5.74) is 1.00. The normalized spacial score (nSPS) is 10.5. The van der Waals surface area contributed by atoms with Gasteiger partial charge < -0.3 is 10.0 Å². The van der Waals surface area contributed by atoms with E-state index < -0.39 is 5.97 Å². The van der Waals surface area contributed by atoms with Crippen LogP contribution in [0.25, 0.3) is 10.8 Å². The highest BCUT2D eigenvalue weighted by atomic mass is 16.4. The molecule has 1 aromatic heterocycles. The lowest BCUT2D eigenvalue weighted by Crippen LogP contribution is -2.14. The fraction of sp³-hybridized carbons (Fsp3) is 0.0588. The number of benzene rings is 2. The van der Waals surface area contributed by atoms with Crippen molar-refractivity contribution >= 4 is 28.2 Å². The molecular weight excluding hydrogens is 264 g/mol. The van der Waals surface area contributed by atoms with Crippen LogP contribution in [0.5, 0.6) is 0 Å². The summed E-state index contributed by atoms with van der Waals surface area (Å²) in [6, 6.07) is 19.0. The Balaban J connectivity index is 2.23. The number of pyridine rings is 1. The van der Waals surface area contributed by atoms with Gasteiger partial charge in [-0.2, -0.15) is 0 Å². The average molecular weight is 278 g/mol. The molecule has 0 aliphatic rings. The first kappa shape index (κ1) is 13.1. The van der Waals surface area contributed by atoms with Crippen molar-refractivity contribution in [1.29, 1.82) is 0 Å². The molecule has 104 valence electrons. The number of carbonyl (C=O) groups is 1. The van der Waals surface area contributed by atoms with E-state index in [9.17, 15) is 9.90 Å². The van der Waals surface area contributed by atoms with Crippen LogP contribution in [0.2, 0.25) is 0 Å². The van der Waals surface area contributed by atoms with Gasteiger partial charge in [-0.25, -0.2) is 9.78 Å². The van der Waals surface area contributed by atoms with E-state index in [4.69, 9.17) is 0 Å². The molecule has 21 heavy (non-hydrogen) atoms. The van der Waals surface area contributed by atoms with Gasteiger partial charge in [0.25, 0.3) is 0 Å². The lowest BCUT2D eigenvalue weighted by atomic mass is 10.1. The number of hydrogen-bond acceptors (Lipinski definition) is 3. The monoisotopic (exact) mass is 278 g/mol. The predicted octanol–water partition coefficient (Wildman–Crippen LogP) is 3.70. The number of aromatic carboxylic acids is 1. The van der Waals surface area contributed by atoms with Crippen molar-refractivity contribution < 1.29 is 9.90 Å². The zero-order valence-corrected chi connectivity index (χ0v) is 11.5. The maximum atomic E-state index is 11.3. The molecule has 0 atom stereocenters. The van der Waals surface area contributed by atoms with Crippen LogP contribution >= 0.6 is 0 Å². The lowest BCUT2D eigenvalue weighted by Gasteiger charge is -2.20. The Bertz CT molecular complexity index is 800. The van der Waals surface area contributed by atoms with Gasteiger partial charge in [0.2, 0.25) is 0 Å². The van der Waals surface area contributed by atoms with Crippen LogP contribution in [-0.4, -0.2) is 23.1 Å². The molecule has 2 aromatic carbocycles. The maximum absolute atomic E-state index is 11.3. The van der Waals surface area contributed by atoms with Crippen LogP contribution in [0.15, 0.2) is 60.7 Å². The van der Waals surface area contributed by atoms with E-state index in [1.807, 2.05) is 66.5 Å². The third-order valence-corrected chi connectivity index (χ3v) is 3.40. The highest BCUT2D eigenvalue weighted by molar-refractivity contribution is 5.99. The third kappa shape index (κ3) is 2.43. The SMILES string of the molecule is CN(c1ccccc1)c1nc(C(=O)O)cc2ccccc12. The van der Waals surface area contributed by atoms with E-state index in [0.29, 0.717) is 5.82 Å². The second-order valence-corrected chi connectivity index (χ2v) is 4.75. The molecule has 0 unspecified atom stereocenters. The van der Waals surface area contributed by atoms with Crippen molar-refractivity contribution in [1.82, 2.24) is 4.98 Å². The molecule has 3 aromatic rings. The number of nitrogens with zero attached hydrogens (tertiary/aromatic N) is 2. The van der Waals surface area contributed by atoms with Gasteiger partial charge in [0, 0.05) is 18.1 Å². The highest BCUT2D eigenvalue weighted by Gasteiger charge is 2.14. The molecule has 0 aliphatic heterocycles. The van der Waals surface area contributed by atoms with E-state index >= 15 is 0 Å². The minimum Gasteiger partial charge on any atom is -0.477 e. The largest absolute Gasteiger partial charge is 0.477 e. The zero-order valence-electron chi connectivity index (χ0n) is 11.5. The zero-order chi connectivity index (χ0) is 14.8. The van der Waals surface area contributed by atoms with E-state index in [0.717, 1.165) is 16.5 Å². The smallest absolute Gasteiger partial charge is 0.354 e. The third-order valence-electron chi connectivity index (χ3n) is 3.40. The fourth-order valence-electron chi connectivity index (χ4n) is 2.32. The van der Waals surface area contributed by atoms with Gasteiger partial charge in [-0.05, 0) is 23.6 Å². The second kappa shape index (κ2) is 5.25. The van der Waals surface area contributed by atoms with E-state index in [-0.39, 0.29) is 5.69 Å². The Hall–Kier alpha value is -2.88. The summed E-state index contributed by atoms with van der Waals surface area (Å²) in [6.07, 6.45) is 0. The first-order chi connectivity index (χ1) is 10.2. The van der Waals surface area contributed by atoms with Crippen LogP contribution in [0.4, 0.5) is 11.5 Å². The van der Waals surface area contributed by atoms with Crippen molar-refractivity contribution in [3.63, 3.8) is 0 Å². The highest BCUT2D eigenvalue weighted by Crippen LogP contribution is 2.29. The molecule has 0 aliphatic carbocycles. The quantitative estimate of drug-likeness (QED) is 0.793. The van der Waals surface area contributed by atoms with E-state index in [2.05, 4.69) is 4.98 Å². The summed E-state index contributed by atoms with van der Waals surface area (Å²) < 4.78 is 0. The Morgan fingerprint density at radius 1 is 1.05 bits per heavy atom. The first-order valence-electron chi connectivity index (χ1n) is 6.58. The van der Waals surface area contributed by atoms with Gasteiger partial charge in [-0.3, -0.25) is 0 Å². The number of para-hydroxylation sites is 1. The fourth-order valence-corrected chi connectivity index (χ4v) is 2.32. The van der Waals surface area contributed by atoms with Crippen LogP contribution in [0.1, 0.15) is 10.5 Å². The average Bonchev–Trinajstić information content (AvgIpc) is 2.54. The molecule has 0 saturated heterocycles. The van der Waals surface area contributed by atoms with Crippen molar-refractivity contribution in [2.24, 2.45) is 0 Å². The molecule has 3 rings (SSSR count). The number of carboxylic acid groups (broad SMARTS) is 1. The van der Waals surface area contributed by atoms with E-state index in [1.165, 1.54) is 0 Å². The van der Waals surface area contributed by atoms with Crippen LogP contribution in [-0.2, 0) is 0 Å². The van der Waals surface area contributed by atoms with Crippen molar-refractivity contribution in [2.75, 3.05) is 11.9 Å². The summed E-state index contributed by atoms with van der Waals surface area (Å²) in [7, 11) is 1.88.